The number of halogens is 1. The quantitative estimate of drug-likeness (QED) is 0.584. The predicted octanol–water partition coefficient (Wildman–Crippen LogP) is 4.84. The van der Waals surface area contributed by atoms with Gasteiger partial charge in [0, 0.05) is 17.0 Å². The number of hydrogen-bond donors (Lipinski definition) is 1. The van der Waals surface area contributed by atoms with Crippen LogP contribution >= 0.6 is 11.8 Å². The molecule has 0 saturated carbocycles. The van der Waals surface area contributed by atoms with Crippen LogP contribution in [0.15, 0.2) is 47.4 Å². The van der Waals surface area contributed by atoms with Crippen LogP contribution < -0.4 is 10.1 Å². The van der Waals surface area contributed by atoms with Gasteiger partial charge in [-0.3, -0.25) is 0 Å². The third-order valence-electron chi connectivity index (χ3n) is 3.07. The molecular weight excluding hydrogens is 285 g/mol. The van der Waals surface area contributed by atoms with E-state index in [0.29, 0.717) is 18.0 Å². The van der Waals surface area contributed by atoms with Crippen LogP contribution in [-0.2, 0) is 6.54 Å². The summed E-state index contributed by atoms with van der Waals surface area (Å²) >= 11 is 1.66. The summed E-state index contributed by atoms with van der Waals surface area (Å²) in [7, 11) is 0. The summed E-state index contributed by atoms with van der Waals surface area (Å²) in [6, 6.07) is 12.7. The maximum absolute atomic E-state index is 14.0. The average Bonchev–Trinajstić information content (AvgIpc) is 2.51. The van der Waals surface area contributed by atoms with E-state index in [9.17, 15) is 4.39 Å². The van der Waals surface area contributed by atoms with Crippen LogP contribution in [0.3, 0.4) is 0 Å². The Morgan fingerprint density at radius 3 is 2.57 bits per heavy atom. The first kappa shape index (κ1) is 15.9. The van der Waals surface area contributed by atoms with Crippen molar-refractivity contribution in [3.8, 4) is 11.5 Å². The molecule has 0 heterocycles. The molecule has 0 bridgehead atoms. The van der Waals surface area contributed by atoms with Gasteiger partial charge in [-0.2, -0.15) is 0 Å². The van der Waals surface area contributed by atoms with Gasteiger partial charge in [0.15, 0.2) is 11.6 Å². The molecule has 2 aromatic rings. The lowest BCUT2D eigenvalue weighted by Gasteiger charge is -2.13. The van der Waals surface area contributed by atoms with Gasteiger partial charge in [-0.15, -0.1) is 11.8 Å². The minimum atomic E-state index is -0.334. The Labute approximate surface area is 129 Å². The van der Waals surface area contributed by atoms with Gasteiger partial charge in [-0.05, 0) is 49.6 Å². The van der Waals surface area contributed by atoms with E-state index in [1.807, 2.05) is 36.6 Å². The van der Waals surface area contributed by atoms with E-state index in [-0.39, 0.29) is 5.82 Å². The molecule has 2 rings (SSSR count). The summed E-state index contributed by atoms with van der Waals surface area (Å²) in [6.45, 7) is 3.60. The van der Waals surface area contributed by atoms with Crippen molar-refractivity contribution < 1.29 is 9.13 Å². The summed E-state index contributed by atoms with van der Waals surface area (Å²) in [5, 5.41) is 3.27. The summed E-state index contributed by atoms with van der Waals surface area (Å²) in [5.74, 6) is 0.618. The molecule has 0 atom stereocenters. The highest BCUT2D eigenvalue weighted by atomic mass is 32.2. The van der Waals surface area contributed by atoms with Gasteiger partial charge in [0.05, 0.1) is 0 Å². The van der Waals surface area contributed by atoms with E-state index >= 15 is 0 Å². The Morgan fingerprint density at radius 1 is 1.14 bits per heavy atom. The van der Waals surface area contributed by atoms with E-state index in [1.54, 1.807) is 17.8 Å². The van der Waals surface area contributed by atoms with Crippen molar-refractivity contribution in [2.75, 3.05) is 12.8 Å². The number of para-hydroxylation sites is 1. The predicted molar refractivity (Wildman–Crippen MR) is 86.7 cm³/mol. The maximum Gasteiger partial charge on any atom is 0.167 e. The van der Waals surface area contributed by atoms with Crippen LogP contribution in [0, 0.1) is 5.82 Å². The van der Waals surface area contributed by atoms with Crippen molar-refractivity contribution in [1.29, 1.82) is 0 Å². The van der Waals surface area contributed by atoms with Crippen LogP contribution in [0.25, 0.3) is 0 Å². The topological polar surface area (TPSA) is 21.3 Å². The molecule has 112 valence electrons. The number of nitrogens with one attached hydrogen (secondary N) is 1. The summed E-state index contributed by atoms with van der Waals surface area (Å²) in [5.41, 5.74) is 0.831. The van der Waals surface area contributed by atoms with E-state index in [4.69, 9.17) is 4.74 Å². The zero-order chi connectivity index (χ0) is 15.1. The van der Waals surface area contributed by atoms with E-state index in [2.05, 4.69) is 12.2 Å². The minimum absolute atomic E-state index is 0.304. The Morgan fingerprint density at radius 2 is 1.90 bits per heavy atom. The highest BCUT2D eigenvalue weighted by Crippen LogP contribution is 2.29. The zero-order valence-corrected chi connectivity index (χ0v) is 13.2. The second-order valence-electron chi connectivity index (χ2n) is 4.68. The van der Waals surface area contributed by atoms with Crippen LogP contribution in [0.1, 0.15) is 18.9 Å². The summed E-state index contributed by atoms with van der Waals surface area (Å²) in [6.07, 6.45) is 3.06. The normalized spacial score (nSPS) is 10.6. The molecule has 0 aromatic heterocycles. The molecule has 1 N–H and O–H groups in total. The molecule has 2 aromatic carbocycles. The highest BCUT2D eigenvalue weighted by Gasteiger charge is 2.10. The molecule has 2 nitrogen and oxygen atoms in total. The first-order valence-corrected chi connectivity index (χ1v) is 8.27. The van der Waals surface area contributed by atoms with Crippen molar-refractivity contribution in [1.82, 2.24) is 5.32 Å². The molecule has 0 saturated heterocycles. The lowest BCUT2D eigenvalue weighted by atomic mass is 10.2. The third-order valence-corrected chi connectivity index (χ3v) is 3.81. The van der Waals surface area contributed by atoms with Gasteiger partial charge in [0.1, 0.15) is 5.75 Å². The smallest absolute Gasteiger partial charge is 0.167 e. The molecular formula is C17H20FNOS. The Bertz CT molecular complexity index is 572. The molecule has 0 radical (unpaired) electrons. The standard InChI is InChI=1S/C17H20FNOS/c1-3-11-19-12-13-5-4-6-16(18)17(13)20-14-7-9-15(21-2)10-8-14/h4-10,19H,3,11-12H2,1-2H3. The van der Waals surface area contributed by atoms with Crippen molar-refractivity contribution >= 4 is 11.8 Å². The summed E-state index contributed by atoms with van der Waals surface area (Å²) < 4.78 is 19.8. The first-order valence-electron chi connectivity index (χ1n) is 7.04. The van der Waals surface area contributed by atoms with Gasteiger partial charge in [0.2, 0.25) is 0 Å². The largest absolute Gasteiger partial charge is 0.454 e. The van der Waals surface area contributed by atoms with Gasteiger partial charge < -0.3 is 10.1 Å². The number of benzene rings is 2. The molecule has 0 aliphatic rings. The van der Waals surface area contributed by atoms with E-state index in [1.165, 1.54) is 6.07 Å². The molecule has 0 spiro atoms. The third kappa shape index (κ3) is 4.48. The van der Waals surface area contributed by atoms with Crippen LogP contribution in [0.2, 0.25) is 0 Å². The number of rotatable bonds is 7. The fourth-order valence-electron chi connectivity index (χ4n) is 1.97. The van der Waals surface area contributed by atoms with Crippen molar-refractivity contribution in [2.45, 2.75) is 24.8 Å². The van der Waals surface area contributed by atoms with Crippen LogP contribution in [0.5, 0.6) is 11.5 Å². The van der Waals surface area contributed by atoms with Crippen molar-refractivity contribution in [3.05, 3.63) is 53.8 Å². The van der Waals surface area contributed by atoms with Gasteiger partial charge in [0.25, 0.3) is 0 Å². The summed E-state index contributed by atoms with van der Waals surface area (Å²) in [4.78, 5) is 1.15. The molecule has 0 fully saturated rings. The SMILES string of the molecule is CCCNCc1cccc(F)c1Oc1ccc(SC)cc1. The van der Waals surface area contributed by atoms with Gasteiger partial charge in [-0.1, -0.05) is 19.1 Å². The first-order chi connectivity index (χ1) is 10.2. The van der Waals surface area contributed by atoms with Crippen molar-refractivity contribution in [3.63, 3.8) is 0 Å². The van der Waals surface area contributed by atoms with Gasteiger partial charge in [-0.25, -0.2) is 4.39 Å². The lowest BCUT2D eigenvalue weighted by molar-refractivity contribution is 0.433. The second kappa shape index (κ2) is 8.05. The Hall–Kier alpha value is -1.52. The number of ether oxygens (including phenoxy) is 1. The maximum atomic E-state index is 14.0. The molecule has 0 amide bonds. The molecule has 0 aliphatic heterocycles. The fraction of sp³-hybridized carbons (Fsp3) is 0.294. The molecule has 0 unspecified atom stereocenters. The number of hydrogen-bond acceptors (Lipinski definition) is 3. The minimum Gasteiger partial charge on any atom is -0.454 e. The van der Waals surface area contributed by atoms with E-state index < -0.39 is 0 Å². The second-order valence-corrected chi connectivity index (χ2v) is 5.56. The number of thioether (sulfide) groups is 1. The van der Waals surface area contributed by atoms with E-state index in [0.717, 1.165) is 23.4 Å². The monoisotopic (exact) mass is 305 g/mol. The fourth-order valence-corrected chi connectivity index (χ4v) is 2.38. The average molecular weight is 305 g/mol. The molecule has 4 heteroatoms. The zero-order valence-electron chi connectivity index (χ0n) is 12.4. The Kier molecular flexibility index (Phi) is 6.08. The van der Waals surface area contributed by atoms with Crippen LogP contribution in [-0.4, -0.2) is 12.8 Å². The van der Waals surface area contributed by atoms with Crippen molar-refractivity contribution in [2.24, 2.45) is 0 Å². The van der Waals surface area contributed by atoms with Gasteiger partial charge >= 0.3 is 0 Å². The van der Waals surface area contributed by atoms with Crippen LogP contribution in [0.4, 0.5) is 4.39 Å². The molecule has 21 heavy (non-hydrogen) atoms. The Balaban J connectivity index is 2.16. The molecule has 0 aliphatic carbocycles. The lowest BCUT2D eigenvalue weighted by Crippen LogP contribution is -2.14. The highest BCUT2D eigenvalue weighted by molar-refractivity contribution is 7.98.